The second-order valence-electron chi connectivity index (χ2n) is 2.32. The Morgan fingerprint density at radius 2 is 2.30 bits per heavy atom. The molecule has 2 aliphatic rings. The molecule has 0 bridgehead atoms. The molecule has 2 heterocycles. The van der Waals surface area contributed by atoms with Gasteiger partial charge in [0.2, 0.25) is 5.56 Å². The van der Waals surface area contributed by atoms with Crippen LogP contribution >= 0.6 is 11.8 Å². The van der Waals surface area contributed by atoms with Crippen molar-refractivity contribution in [2.24, 2.45) is 0 Å². The maximum Gasteiger partial charge on any atom is 0.232 e. The molecule has 50 valence electrons. The molecular formula is C7H5NOS. The lowest BCUT2D eigenvalue weighted by atomic mass is 10.3. The zero-order valence-electron chi connectivity index (χ0n) is 5.15. The molecule has 2 nitrogen and oxygen atoms in total. The summed E-state index contributed by atoms with van der Waals surface area (Å²) in [5, 5.41) is 1.93. The van der Waals surface area contributed by atoms with Crippen LogP contribution in [0.15, 0.2) is 29.2 Å². The second-order valence-corrected chi connectivity index (χ2v) is 3.40. The summed E-state index contributed by atoms with van der Waals surface area (Å²) in [4.78, 5) is 6.51. The standard InChI is InChI=1S/C7H5NOS/c1-2-4-6-5(3-1)8-7(9-8)10-6/h1-4,7H. The molecule has 0 saturated carbocycles. The van der Waals surface area contributed by atoms with Crippen molar-refractivity contribution < 1.29 is 4.84 Å². The van der Waals surface area contributed by atoms with Crippen LogP contribution in [0.1, 0.15) is 0 Å². The van der Waals surface area contributed by atoms with Crippen LogP contribution in [0.3, 0.4) is 0 Å². The topological polar surface area (TPSA) is 15.5 Å². The largest absolute Gasteiger partial charge is 0.232 e. The number of benzene rings is 1. The zero-order valence-corrected chi connectivity index (χ0v) is 5.97. The van der Waals surface area contributed by atoms with Crippen molar-refractivity contribution in [2.75, 3.05) is 5.06 Å². The fraction of sp³-hybridized carbons (Fsp3) is 0.143. The maximum absolute atomic E-state index is 5.18. The first kappa shape index (κ1) is 5.04. The number of nitrogens with zero attached hydrogens (tertiary/aromatic N) is 1. The first-order valence-electron chi connectivity index (χ1n) is 3.17. The molecule has 0 radical (unpaired) electrons. The van der Waals surface area contributed by atoms with Gasteiger partial charge in [-0.1, -0.05) is 23.9 Å². The van der Waals surface area contributed by atoms with Gasteiger partial charge in [-0.25, -0.2) is 9.90 Å². The third-order valence-corrected chi connectivity index (χ3v) is 2.76. The molecule has 1 unspecified atom stereocenters. The zero-order chi connectivity index (χ0) is 6.55. The Kier molecular flexibility index (Phi) is 0.752. The molecular weight excluding hydrogens is 146 g/mol. The summed E-state index contributed by atoms with van der Waals surface area (Å²) in [6, 6.07) is 8.28. The summed E-state index contributed by atoms with van der Waals surface area (Å²) in [6.07, 6.45) is 0. The molecule has 0 aromatic heterocycles. The number of rotatable bonds is 0. The first-order chi connectivity index (χ1) is 4.95. The van der Waals surface area contributed by atoms with Crippen LogP contribution in [-0.2, 0) is 4.84 Å². The van der Waals surface area contributed by atoms with E-state index < -0.39 is 0 Å². The Hall–Kier alpha value is -0.670. The summed E-state index contributed by atoms with van der Waals surface area (Å²) >= 11 is 1.77. The van der Waals surface area contributed by atoms with Gasteiger partial charge in [-0.3, -0.25) is 0 Å². The number of para-hydroxylation sites is 1. The predicted molar refractivity (Wildman–Crippen MR) is 39.7 cm³/mol. The molecule has 1 atom stereocenters. The van der Waals surface area contributed by atoms with Crippen LogP contribution in [0.4, 0.5) is 5.69 Å². The predicted octanol–water partition coefficient (Wildman–Crippen LogP) is 1.83. The van der Waals surface area contributed by atoms with Gasteiger partial charge >= 0.3 is 0 Å². The van der Waals surface area contributed by atoms with Crippen LogP contribution in [0.2, 0.25) is 0 Å². The van der Waals surface area contributed by atoms with Crippen molar-refractivity contribution in [1.82, 2.24) is 0 Å². The van der Waals surface area contributed by atoms with Crippen molar-refractivity contribution >= 4 is 17.4 Å². The van der Waals surface area contributed by atoms with Gasteiger partial charge in [0, 0.05) is 4.90 Å². The highest BCUT2D eigenvalue weighted by molar-refractivity contribution is 8.00. The third-order valence-electron chi connectivity index (χ3n) is 1.68. The molecule has 0 aliphatic carbocycles. The highest BCUT2D eigenvalue weighted by atomic mass is 32.2. The van der Waals surface area contributed by atoms with Gasteiger partial charge in [0.25, 0.3) is 0 Å². The van der Waals surface area contributed by atoms with Crippen molar-refractivity contribution in [2.45, 2.75) is 10.5 Å². The van der Waals surface area contributed by atoms with E-state index in [-0.39, 0.29) is 5.56 Å². The fourth-order valence-corrected chi connectivity index (χ4v) is 2.16. The highest BCUT2D eigenvalue weighted by Crippen LogP contribution is 2.52. The number of fused-ring (bicyclic) bond motifs is 3. The summed E-state index contributed by atoms with van der Waals surface area (Å²) in [5.74, 6) is 0. The first-order valence-corrected chi connectivity index (χ1v) is 4.05. The lowest BCUT2D eigenvalue weighted by molar-refractivity contribution is 0.435. The average molecular weight is 151 g/mol. The normalized spacial score (nSPS) is 26.0. The monoisotopic (exact) mass is 151 g/mol. The van der Waals surface area contributed by atoms with Crippen molar-refractivity contribution in [3.63, 3.8) is 0 Å². The van der Waals surface area contributed by atoms with E-state index in [1.165, 1.54) is 10.6 Å². The Balaban J connectivity index is 2.22. The van der Waals surface area contributed by atoms with E-state index in [9.17, 15) is 0 Å². The van der Waals surface area contributed by atoms with Crippen LogP contribution < -0.4 is 5.06 Å². The smallest absolute Gasteiger partial charge is 0.231 e. The molecule has 1 aromatic rings. The molecule has 3 rings (SSSR count). The minimum Gasteiger partial charge on any atom is -0.231 e. The SMILES string of the molecule is c1ccc2c(c1)SC1ON21. The van der Waals surface area contributed by atoms with Gasteiger partial charge in [0.1, 0.15) is 0 Å². The van der Waals surface area contributed by atoms with Gasteiger partial charge in [-0.2, -0.15) is 0 Å². The van der Waals surface area contributed by atoms with Gasteiger partial charge in [0.05, 0.1) is 5.69 Å². The van der Waals surface area contributed by atoms with E-state index in [4.69, 9.17) is 4.84 Å². The average Bonchev–Trinajstić information content (AvgIpc) is 2.64. The summed E-state index contributed by atoms with van der Waals surface area (Å²) < 4.78 is 0. The van der Waals surface area contributed by atoms with Gasteiger partial charge < -0.3 is 0 Å². The number of hydroxylamine groups is 1. The second kappa shape index (κ2) is 1.49. The number of thioether (sulfide) groups is 1. The summed E-state index contributed by atoms with van der Waals surface area (Å²) in [6.45, 7) is 0. The highest BCUT2D eigenvalue weighted by Gasteiger charge is 2.45. The van der Waals surface area contributed by atoms with Crippen LogP contribution in [0.5, 0.6) is 0 Å². The molecule has 0 N–H and O–H groups in total. The van der Waals surface area contributed by atoms with Crippen LogP contribution in [0, 0.1) is 0 Å². The van der Waals surface area contributed by atoms with Gasteiger partial charge in [0.15, 0.2) is 0 Å². The Labute approximate surface area is 62.7 Å². The number of hydrogen-bond acceptors (Lipinski definition) is 3. The summed E-state index contributed by atoms with van der Waals surface area (Å²) in [7, 11) is 0. The van der Waals surface area contributed by atoms with Crippen molar-refractivity contribution in [1.29, 1.82) is 0 Å². The molecule has 3 heteroatoms. The van der Waals surface area contributed by atoms with Crippen LogP contribution in [-0.4, -0.2) is 5.56 Å². The molecule has 1 saturated heterocycles. The number of hydrogen-bond donors (Lipinski definition) is 0. The lowest BCUT2D eigenvalue weighted by Crippen LogP contribution is -1.86. The Morgan fingerprint density at radius 1 is 1.40 bits per heavy atom. The van der Waals surface area contributed by atoms with Crippen LogP contribution in [0.25, 0.3) is 0 Å². The molecule has 1 aromatic carbocycles. The van der Waals surface area contributed by atoms with Crippen molar-refractivity contribution in [3.05, 3.63) is 24.3 Å². The molecule has 1 fully saturated rings. The number of anilines is 1. The fourth-order valence-electron chi connectivity index (χ4n) is 1.16. The van der Waals surface area contributed by atoms with E-state index in [0.29, 0.717) is 0 Å². The maximum atomic E-state index is 5.18. The Bertz CT molecular complexity index is 289. The van der Waals surface area contributed by atoms with Crippen molar-refractivity contribution in [3.8, 4) is 0 Å². The minimum absolute atomic E-state index is 0.289. The third kappa shape index (κ3) is 0.496. The lowest BCUT2D eigenvalue weighted by Gasteiger charge is -1.97. The quantitative estimate of drug-likeness (QED) is 0.526. The minimum atomic E-state index is 0.289. The summed E-state index contributed by atoms with van der Waals surface area (Å²) in [5.41, 5.74) is 1.51. The molecule has 0 amide bonds. The van der Waals surface area contributed by atoms with E-state index in [1.807, 2.05) is 11.1 Å². The Morgan fingerprint density at radius 3 is 3.20 bits per heavy atom. The van der Waals surface area contributed by atoms with E-state index in [1.54, 1.807) is 11.8 Å². The van der Waals surface area contributed by atoms with E-state index >= 15 is 0 Å². The van der Waals surface area contributed by atoms with Gasteiger partial charge in [-0.05, 0) is 12.1 Å². The molecule has 2 aliphatic heterocycles. The van der Waals surface area contributed by atoms with E-state index in [0.717, 1.165) is 0 Å². The van der Waals surface area contributed by atoms with Gasteiger partial charge in [-0.15, -0.1) is 0 Å². The molecule has 0 spiro atoms. The van der Waals surface area contributed by atoms with E-state index in [2.05, 4.69) is 18.2 Å². The molecule has 10 heavy (non-hydrogen) atoms.